The lowest BCUT2D eigenvalue weighted by Gasteiger charge is -2.11. The molecule has 106 valence electrons. The standard InChI is InChI=1S/C15H23NO3/c1-4-13(17)8-9-16-15(18)12-7-6-11(3)14(10-12)19-5-2/h6-7,10,13,17H,4-5,8-9H2,1-3H3,(H,16,18). The molecule has 0 aromatic heterocycles. The van der Waals surface area contributed by atoms with Gasteiger partial charge >= 0.3 is 0 Å². The highest BCUT2D eigenvalue weighted by Crippen LogP contribution is 2.19. The summed E-state index contributed by atoms with van der Waals surface area (Å²) in [6.07, 6.45) is 0.929. The van der Waals surface area contributed by atoms with Gasteiger partial charge in [0.25, 0.3) is 5.91 Å². The van der Waals surface area contributed by atoms with E-state index in [0.717, 1.165) is 11.3 Å². The second-order valence-corrected chi connectivity index (χ2v) is 4.52. The number of benzene rings is 1. The van der Waals surface area contributed by atoms with Crippen LogP contribution in [-0.2, 0) is 0 Å². The Morgan fingerprint density at radius 1 is 1.42 bits per heavy atom. The zero-order valence-corrected chi connectivity index (χ0v) is 11.9. The van der Waals surface area contributed by atoms with Crippen LogP contribution >= 0.6 is 0 Å². The van der Waals surface area contributed by atoms with Gasteiger partial charge in [-0.15, -0.1) is 0 Å². The maximum atomic E-state index is 11.9. The van der Waals surface area contributed by atoms with Gasteiger partial charge in [-0.3, -0.25) is 4.79 Å². The number of hydrogen-bond acceptors (Lipinski definition) is 3. The molecule has 1 unspecified atom stereocenters. The lowest BCUT2D eigenvalue weighted by molar-refractivity contribution is 0.0941. The minimum absolute atomic E-state index is 0.135. The first-order chi connectivity index (χ1) is 9.08. The monoisotopic (exact) mass is 265 g/mol. The number of rotatable bonds is 7. The van der Waals surface area contributed by atoms with E-state index in [1.54, 1.807) is 12.1 Å². The summed E-state index contributed by atoms with van der Waals surface area (Å²) in [4.78, 5) is 11.9. The molecule has 19 heavy (non-hydrogen) atoms. The second kappa shape index (κ2) is 7.79. The highest BCUT2D eigenvalue weighted by atomic mass is 16.5. The summed E-state index contributed by atoms with van der Waals surface area (Å²) in [5.74, 6) is 0.605. The van der Waals surface area contributed by atoms with Crippen LogP contribution in [0.5, 0.6) is 5.75 Å². The van der Waals surface area contributed by atoms with Crippen molar-refractivity contribution in [1.82, 2.24) is 5.32 Å². The molecule has 1 atom stereocenters. The number of aliphatic hydroxyl groups is 1. The van der Waals surface area contributed by atoms with Crippen LogP contribution in [-0.4, -0.2) is 30.3 Å². The Morgan fingerprint density at radius 3 is 2.79 bits per heavy atom. The number of hydrogen-bond donors (Lipinski definition) is 2. The fourth-order valence-electron chi connectivity index (χ4n) is 1.71. The fraction of sp³-hybridized carbons (Fsp3) is 0.533. The highest BCUT2D eigenvalue weighted by molar-refractivity contribution is 5.94. The Hall–Kier alpha value is -1.55. The maximum absolute atomic E-state index is 11.9. The van der Waals surface area contributed by atoms with E-state index >= 15 is 0 Å². The van der Waals surface area contributed by atoms with Gasteiger partial charge in [-0.25, -0.2) is 0 Å². The van der Waals surface area contributed by atoms with Gasteiger partial charge in [-0.05, 0) is 44.4 Å². The zero-order valence-electron chi connectivity index (χ0n) is 11.9. The topological polar surface area (TPSA) is 58.6 Å². The highest BCUT2D eigenvalue weighted by Gasteiger charge is 2.09. The Balaban J connectivity index is 2.59. The van der Waals surface area contributed by atoms with E-state index in [2.05, 4.69) is 5.32 Å². The zero-order chi connectivity index (χ0) is 14.3. The Morgan fingerprint density at radius 2 is 2.16 bits per heavy atom. The number of nitrogens with one attached hydrogen (secondary N) is 1. The van der Waals surface area contributed by atoms with E-state index in [1.807, 2.05) is 26.8 Å². The molecule has 0 aliphatic carbocycles. The van der Waals surface area contributed by atoms with Gasteiger partial charge in [0.2, 0.25) is 0 Å². The molecule has 0 saturated carbocycles. The van der Waals surface area contributed by atoms with Crippen molar-refractivity contribution >= 4 is 5.91 Å². The van der Waals surface area contributed by atoms with Crippen molar-refractivity contribution in [3.63, 3.8) is 0 Å². The second-order valence-electron chi connectivity index (χ2n) is 4.52. The van der Waals surface area contributed by atoms with Crippen LogP contribution in [0.1, 0.15) is 42.6 Å². The first-order valence-corrected chi connectivity index (χ1v) is 6.78. The molecular formula is C15H23NO3. The number of aryl methyl sites for hydroxylation is 1. The van der Waals surface area contributed by atoms with E-state index in [0.29, 0.717) is 31.6 Å². The third kappa shape index (κ3) is 4.91. The summed E-state index contributed by atoms with van der Waals surface area (Å²) in [5.41, 5.74) is 1.60. The Kier molecular flexibility index (Phi) is 6.36. The fourth-order valence-corrected chi connectivity index (χ4v) is 1.71. The average molecular weight is 265 g/mol. The molecule has 1 aromatic carbocycles. The van der Waals surface area contributed by atoms with E-state index < -0.39 is 0 Å². The molecule has 2 N–H and O–H groups in total. The van der Waals surface area contributed by atoms with E-state index in [-0.39, 0.29) is 12.0 Å². The van der Waals surface area contributed by atoms with Crippen molar-refractivity contribution in [1.29, 1.82) is 0 Å². The first kappa shape index (κ1) is 15.5. The third-order valence-corrected chi connectivity index (χ3v) is 2.98. The molecule has 0 radical (unpaired) electrons. The number of carbonyl (C=O) groups excluding carboxylic acids is 1. The van der Waals surface area contributed by atoms with Crippen molar-refractivity contribution in [2.24, 2.45) is 0 Å². The van der Waals surface area contributed by atoms with Gasteiger partial charge in [-0.1, -0.05) is 13.0 Å². The van der Waals surface area contributed by atoms with Crippen LogP contribution < -0.4 is 10.1 Å². The molecule has 0 heterocycles. The summed E-state index contributed by atoms with van der Waals surface area (Å²) < 4.78 is 5.47. The molecule has 4 heteroatoms. The van der Waals surface area contributed by atoms with Gasteiger partial charge in [0.1, 0.15) is 5.75 Å². The van der Waals surface area contributed by atoms with Crippen LogP contribution in [0.25, 0.3) is 0 Å². The lowest BCUT2D eigenvalue weighted by Crippen LogP contribution is -2.27. The minimum atomic E-state index is -0.350. The Labute approximate surface area is 114 Å². The van der Waals surface area contributed by atoms with Crippen LogP contribution in [0.15, 0.2) is 18.2 Å². The van der Waals surface area contributed by atoms with Crippen LogP contribution in [0.4, 0.5) is 0 Å². The predicted molar refractivity (Wildman–Crippen MR) is 75.6 cm³/mol. The van der Waals surface area contributed by atoms with Gasteiger partial charge in [0, 0.05) is 12.1 Å². The van der Waals surface area contributed by atoms with Crippen LogP contribution in [0.2, 0.25) is 0 Å². The molecule has 1 rings (SSSR count). The summed E-state index contributed by atoms with van der Waals surface area (Å²) >= 11 is 0. The van der Waals surface area contributed by atoms with Crippen LogP contribution in [0.3, 0.4) is 0 Å². The van der Waals surface area contributed by atoms with Crippen molar-refractivity contribution in [3.05, 3.63) is 29.3 Å². The molecular weight excluding hydrogens is 242 g/mol. The van der Waals surface area contributed by atoms with Crippen molar-refractivity contribution < 1.29 is 14.6 Å². The third-order valence-electron chi connectivity index (χ3n) is 2.98. The summed E-state index contributed by atoms with van der Waals surface area (Å²) in [5, 5.41) is 12.2. The molecule has 0 aliphatic heterocycles. The van der Waals surface area contributed by atoms with Gasteiger partial charge < -0.3 is 15.2 Å². The molecule has 1 amide bonds. The molecule has 0 saturated heterocycles. The minimum Gasteiger partial charge on any atom is -0.494 e. The molecule has 0 aliphatic rings. The molecule has 0 bridgehead atoms. The number of amides is 1. The number of aliphatic hydroxyl groups excluding tert-OH is 1. The van der Waals surface area contributed by atoms with Crippen LogP contribution in [0, 0.1) is 6.92 Å². The number of ether oxygens (including phenoxy) is 1. The predicted octanol–water partition coefficient (Wildman–Crippen LogP) is 2.28. The van der Waals surface area contributed by atoms with E-state index in [9.17, 15) is 9.90 Å². The largest absolute Gasteiger partial charge is 0.494 e. The smallest absolute Gasteiger partial charge is 0.251 e. The Bertz CT molecular complexity index is 418. The van der Waals surface area contributed by atoms with Crippen molar-refractivity contribution in [2.75, 3.05) is 13.2 Å². The van der Waals surface area contributed by atoms with Gasteiger partial charge in [0.05, 0.1) is 12.7 Å². The van der Waals surface area contributed by atoms with Gasteiger partial charge in [-0.2, -0.15) is 0 Å². The molecule has 0 spiro atoms. The summed E-state index contributed by atoms with van der Waals surface area (Å²) in [6, 6.07) is 5.41. The SMILES string of the molecule is CCOc1cc(C(=O)NCCC(O)CC)ccc1C. The molecule has 1 aromatic rings. The first-order valence-electron chi connectivity index (χ1n) is 6.78. The number of carbonyl (C=O) groups is 1. The van der Waals surface area contributed by atoms with Crippen molar-refractivity contribution in [2.45, 2.75) is 39.7 Å². The summed E-state index contributed by atoms with van der Waals surface area (Å²) in [7, 11) is 0. The lowest BCUT2D eigenvalue weighted by atomic mass is 10.1. The average Bonchev–Trinajstić information content (AvgIpc) is 2.41. The summed E-state index contributed by atoms with van der Waals surface area (Å²) in [6.45, 7) is 6.84. The molecule has 4 nitrogen and oxygen atoms in total. The van der Waals surface area contributed by atoms with E-state index in [1.165, 1.54) is 0 Å². The normalized spacial score (nSPS) is 12.0. The maximum Gasteiger partial charge on any atom is 0.251 e. The van der Waals surface area contributed by atoms with E-state index in [4.69, 9.17) is 4.74 Å². The van der Waals surface area contributed by atoms with Gasteiger partial charge in [0.15, 0.2) is 0 Å². The molecule has 0 fully saturated rings. The van der Waals surface area contributed by atoms with Crippen molar-refractivity contribution in [3.8, 4) is 5.75 Å². The quantitative estimate of drug-likeness (QED) is 0.795.